The molecule has 2 nitrogen and oxygen atoms in total. The molecule has 3 aromatic rings. The molecule has 98 valence electrons. The molecule has 0 aliphatic rings. The van der Waals surface area contributed by atoms with Crippen LogP contribution in [0.3, 0.4) is 0 Å². The SMILES string of the molecule is Cc1oc2ccccc2c1C(O)Cc1sccc1Br. The Morgan fingerprint density at radius 2 is 2.11 bits per heavy atom. The first kappa shape index (κ1) is 12.9. The summed E-state index contributed by atoms with van der Waals surface area (Å²) < 4.78 is 6.76. The average molecular weight is 337 g/mol. The molecule has 3 rings (SSSR count). The van der Waals surface area contributed by atoms with Gasteiger partial charge in [-0.15, -0.1) is 11.3 Å². The van der Waals surface area contributed by atoms with Gasteiger partial charge in [-0.2, -0.15) is 0 Å². The Labute approximate surface area is 123 Å². The molecule has 1 aromatic carbocycles. The van der Waals surface area contributed by atoms with Crippen LogP contribution in [0.1, 0.15) is 22.3 Å². The van der Waals surface area contributed by atoms with E-state index in [-0.39, 0.29) is 0 Å². The second-order valence-corrected chi connectivity index (χ2v) is 6.33. The Bertz CT molecular complexity index is 714. The van der Waals surface area contributed by atoms with E-state index in [2.05, 4.69) is 15.9 Å². The molecule has 1 unspecified atom stereocenters. The fourth-order valence-corrected chi connectivity index (χ4v) is 3.90. The van der Waals surface area contributed by atoms with Gasteiger partial charge < -0.3 is 9.52 Å². The molecule has 1 atom stereocenters. The first-order valence-electron chi connectivity index (χ1n) is 6.05. The molecule has 0 amide bonds. The number of halogens is 1. The molecule has 0 spiro atoms. The third kappa shape index (κ3) is 2.36. The topological polar surface area (TPSA) is 33.4 Å². The summed E-state index contributed by atoms with van der Waals surface area (Å²) in [7, 11) is 0. The van der Waals surface area contributed by atoms with Gasteiger partial charge in [-0.05, 0) is 40.4 Å². The van der Waals surface area contributed by atoms with Crippen LogP contribution in [0.25, 0.3) is 11.0 Å². The summed E-state index contributed by atoms with van der Waals surface area (Å²) in [5.41, 5.74) is 1.73. The van der Waals surface area contributed by atoms with E-state index in [1.165, 1.54) is 0 Å². The molecule has 1 N–H and O–H groups in total. The molecule has 0 fully saturated rings. The molecule has 0 saturated heterocycles. The van der Waals surface area contributed by atoms with E-state index in [1.54, 1.807) is 11.3 Å². The maximum absolute atomic E-state index is 10.5. The fourth-order valence-electron chi connectivity index (χ4n) is 2.35. The van der Waals surface area contributed by atoms with Gasteiger partial charge in [0.1, 0.15) is 11.3 Å². The lowest BCUT2D eigenvalue weighted by atomic mass is 10.0. The number of hydrogen-bond donors (Lipinski definition) is 1. The summed E-state index contributed by atoms with van der Waals surface area (Å²) in [6.07, 6.45) is 0.0569. The normalized spacial score (nSPS) is 13.0. The molecule has 0 aliphatic heterocycles. The van der Waals surface area contributed by atoms with E-state index < -0.39 is 6.10 Å². The molecule has 0 aliphatic carbocycles. The molecule has 0 saturated carbocycles. The van der Waals surface area contributed by atoms with Crippen molar-refractivity contribution < 1.29 is 9.52 Å². The van der Waals surface area contributed by atoms with Crippen LogP contribution >= 0.6 is 27.3 Å². The van der Waals surface area contributed by atoms with Gasteiger partial charge in [0.15, 0.2) is 0 Å². The smallest absolute Gasteiger partial charge is 0.134 e. The van der Waals surface area contributed by atoms with Crippen molar-refractivity contribution in [2.75, 3.05) is 0 Å². The van der Waals surface area contributed by atoms with Crippen molar-refractivity contribution >= 4 is 38.2 Å². The first-order chi connectivity index (χ1) is 9.16. The maximum Gasteiger partial charge on any atom is 0.134 e. The quantitative estimate of drug-likeness (QED) is 0.742. The van der Waals surface area contributed by atoms with Crippen molar-refractivity contribution in [1.82, 2.24) is 0 Å². The van der Waals surface area contributed by atoms with Gasteiger partial charge >= 0.3 is 0 Å². The summed E-state index contributed by atoms with van der Waals surface area (Å²) in [6.45, 7) is 1.90. The Balaban J connectivity index is 2.00. The van der Waals surface area contributed by atoms with Crippen LogP contribution in [0.5, 0.6) is 0 Å². The molecule has 2 aromatic heterocycles. The van der Waals surface area contributed by atoms with Crippen LogP contribution in [0.15, 0.2) is 44.6 Å². The highest BCUT2D eigenvalue weighted by Crippen LogP contribution is 2.34. The van der Waals surface area contributed by atoms with Crippen molar-refractivity contribution in [3.63, 3.8) is 0 Å². The van der Waals surface area contributed by atoms with Crippen molar-refractivity contribution in [2.45, 2.75) is 19.4 Å². The average Bonchev–Trinajstić information content (AvgIpc) is 2.92. The highest BCUT2D eigenvalue weighted by Gasteiger charge is 2.20. The van der Waals surface area contributed by atoms with Crippen LogP contribution in [0, 0.1) is 6.92 Å². The zero-order valence-electron chi connectivity index (χ0n) is 10.4. The van der Waals surface area contributed by atoms with Crippen LogP contribution in [-0.2, 0) is 6.42 Å². The number of aliphatic hydroxyl groups excluding tert-OH is 1. The third-order valence-electron chi connectivity index (χ3n) is 3.22. The standard InChI is InChI=1S/C15H13BrO2S/c1-9-15(10-4-2-3-5-13(10)18-9)12(17)8-14-11(16)6-7-19-14/h2-7,12,17H,8H2,1H3. The number of furan rings is 1. The number of aliphatic hydroxyl groups is 1. The van der Waals surface area contributed by atoms with Crippen molar-refractivity contribution in [2.24, 2.45) is 0 Å². The molecular weight excluding hydrogens is 324 g/mol. The van der Waals surface area contributed by atoms with Crippen LogP contribution in [0.4, 0.5) is 0 Å². The van der Waals surface area contributed by atoms with E-state index in [9.17, 15) is 5.11 Å². The Morgan fingerprint density at radius 3 is 2.84 bits per heavy atom. The van der Waals surface area contributed by atoms with E-state index >= 15 is 0 Å². The fraction of sp³-hybridized carbons (Fsp3) is 0.200. The van der Waals surface area contributed by atoms with E-state index in [1.807, 2.05) is 42.6 Å². The van der Waals surface area contributed by atoms with Crippen LogP contribution < -0.4 is 0 Å². The lowest BCUT2D eigenvalue weighted by Crippen LogP contribution is -2.01. The highest BCUT2D eigenvalue weighted by atomic mass is 79.9. The number of aryl methyl sites for hydroxylation is 1. The van der Waals surface area contributed by atoms with Gasteiger partial charge in [0, 0.05) is 26.7 Å². The minimum Gasteiger partial charge on any atom is -0.461 e. The Morgan fingerprint density at radius 1 is 1.32 bits per heavy atom. The second kappa shape index (κ2) is 5.12. The molecule has 4 heteroatoms. The zero-order valence-corrected chi connectivity index (χ0v) is 12.8. The summed E-state index contributed by atoms with van der Waals surface area (Å²) in [5, 5.41) is 13.5. The van der Waals surface area contributed by atoms with E-state index in [0.29, 0.717) is 6.42 Å². The third-order valence-corrected chi connectivity index (χ3v) is 5.17. The number of rotatable bonds is 3. The second-order valence-electron chi connectivity index (χ2n) is 4.48. The molecule has 19 heavy (non-hydrogen) atoms. The predicted molar refractivity (Wildman–Crippen MR) is 81.6 cm³/mol. The highest BCUT2D eigenvalue weighted by molar-refractivity contribution is 9.10. The molecular formula is C15H13BrO2S. The molecule has 0 bridgehead atoms. The van der Waals surface area contributed by atoms with Gasteiger partial charge in [0.25, 0.3) is 0 Å². The largest absolute Gasteiger partial charge is 0.461 e. The minimum atomic E-state index is -0.543. The van der Waals surface area contributed by atoms with Crippen molar-refractivity contribution in [3.8, 4) is 0 Å². The van der Waals surface area contributed by atoms with Gasteiger partial charge in [0.05, 0.1) is 6.10 Å². The van der Waals surface area contributed by atoms with Gasteiger partial charge in [-0.1, -0.05) is 18.2 Å². The summed E-state index contributed by atoms with van der Waals surface area (Å²) in [6, 6.07) is 9.84. The number of benzene rings is 1. The van der Waals surface area contributed by atoms with Gasteiger partial charge in [-0.25, -0.2) is 0 Å². The minimum absolute atomic E-state index is 0.543. The maximum atomic E-state index is 10.5. The summed E-state index contributed by atoms with van der Waals surface area (Å²) in [5.74, 6) is 0.793. The number of hydrogen-bond acceptors (Lipinski definition) is 3. The molecule has 2 heterocycles. The lowest BCUT2D eigenvalue weighted by molar-refractivity contribution is 0.178. The Kier molecular flexibility index (Phi) is 3.48. The van der Waals surface area contributed by atoms with E-state index in [4.69, 9.17) is 4.42 Å². The van der Waals surface area contributed by atoms with Crippen LogP contribution in [-0.4, -0.2) is 5.11 Å². The van der Waals surface area contributed by atoms with Crippen LogP contribution in [0.2, 0.25) is 0 Å². The lowest BCUT2D eigenvalue weighted by Gasteiger charge is -2.09. The van der Waals surface area contributed by atoms with Crippen molar-refractivity contribution in [1.29, 1.82) is 0 Å². The monoisotopic (exact) mass is 336 g/mol. The zero-order chi connectivity index (χ0) is 13.4. The van der Waals surface area contributed by atoms with E-state index in [0.717, 1.165) is 31.6 Å². The summed E-state index contributed by atoms with van der Waals surface area (Å²) in [4.78, 5) is 1.15. The predicted octanol–water partition coefficient (Wildman–Crippen LogP) is 4.84. The number of fused-ring (bicyclic) bond motifs is 1. The molecule has 0 radical (unpaired) electrons. The van der Waals surface area contributed by atoms with Crippen molar-refractivity contribution in [3.05, 3.63) is 56.4 Å². The number of para-hydroxylation sites is 1. The van der Waals surface area contributed by atoms with Gasteiger partial charge in [-0.3, -0.25) is 0 Å². The first-order valence-corrected chi connectivity index (χ1v) is 7.72. The Hall–Kier alpha value is -1.10. The number of thiophene rings is 1. The summed E-state index contributed by atoms with van der Waals surface area (Å²) >= 11 is 5.15. The van der Waals surface area contributed by atoms with Gasteiger partial charge in [0.2, 0.25) is 0 Å².